The van der Waals surface area contributed by atoms with Crippen LogP contribution in [0.3, 0.4) is 0 Å². The third kappa shape index (κ3) is 4.07. The van der Waals surface area contributed by atoms with Crippen LogP contribution >= 0.6 is 0 Å². The van der Waals surface area contributed by atoms with Gasteiger partial charge in [0.15, 0.2) is 0 Å². The molecule has 0 saturated carbocycles. The average Bonchev–Trinajstić information content (AvgIpc) is 3.10. The van der Waals surface area contributed by atoms with Crippen LogP contribution in [-0.2, 0) is 6.18 Å². The number of hydrogen-bond acceptors (Lipinski definition) is 3. The Labute approximate surface area is 174 Å². The van der Waals surface area contributed by atoms with Crippen LogP contribution in [0.4, 0.5) is 29.2 Å². The van der Waals surface area contributed by atoms with Gasteiger partial charge in [0, 0.05) is 24.4 Å². The molecule has 0 spiro atoms. The van der Waals surface area contributed by atoms with Crippen LogP contribution in [0.1, 0.15) is 15.9 Å². The van der Waals surface area contributed by atoms with E-state index in [1.807, 2.05) is 6.07 Å². The van der Waals surface area contributed by atoms with E-state index >= 15 is 0 Å². The van der Waals surface area contributed by atoms with E-state index in [2.05, 4.69) is 15.6 Å². The molecule has 0 bridgehead atoms. The van der Waals surface area contributed by atoms with E-state index in [1.165, 1.54) is 24.3 Å². The Bertz CT molecular complexity index is 1280. The normalized spacial score (nSPS) is 11.5. The summed E-state index contributed by atoms with van der Waals surface area (Å²) in [7, 11) is 1.75. The number of anilines is 2. The van der Waals surface area contributed by atoms with Crippen molar-refractivity contribution in [3.8, 4) is 5.69 Å². The molecule has 4 aromatic rings. The first-order valence-electron chi connectivity index (χ1n) is 9.21. The van der Waals surface area contributed by atoms with Crippen molar-refractivity contribution in [2.45, 2.75) is 6.18 Å². The summed E-state index contributed by atoms with van der Waals surface area (Å²) < 4.78 is 54.3. The summed E-state index contributed by atoms with van der Waals surface area (Å²) in [4.78, 5) is 17.0. The van der Waals surface area contributed by atoms with E-state index in [1.54, 1.807) is 29.8 Å². The van der Waals surface area contributed by atoms with Crippen LogP contribution in [0.2, 0.25) is 0 Å². The van der Waals surface area contributed by atoms with Gasteiger partial charge in [-0.1, -0.05) is 12.1 Å². The second-order valence-electron chi connectivity index (χ2n) is 6.74. The molecule has 158 valence electrons. The third-order valence-electron chi connectivity index (χ3n) is 4.69. The van der Waals surface area contributed by atoms with Crippen LogP contribution in [-0.4, -0.2) is 22.5 Å². The van der Waals surface area contributed by atoms with E-state index < -0.39 is 23.5 Å². The summed E-state index contributed by atoms with van der Waals surface area (Å²) in [6.07, 6.45) is -4.57. The van der Waals surface area contributed by atoms with Crippen molar-refractivity contribution in [3.05, 3.63) is 83.7 Å². The van der Waals surface area contributed by atoms with Crippen molar-refractivity contribution in [2.24, 2.45) is 0 Å². The Hall–Kier alpha value is -3.88. The molecular formula is C22H16F4N4O. The minimum Gasteiger partial charge on any atom is -0.388 e. The lowest BCUT2D eigenvalue weighted by Gasteiger charge is -2.12. The van der Waals surface area contributed by atoms with Crippen molar-refractivity contribution >= 4 is 28.6 Å². The molecule has 0 aliphatic heterocycles. The van der Waals surface area contributed by atoms with Gasteiger partial charge in [-0.25, -0.2) is 9.37 Å². The van der Waals surface area contributed by atoms with E-state index in [0.717, 1.165) is 23.9 Å². The summed E-state index contributed by atoms with van der Waals surface area (Å²) in [6, 6.07) is 15.3. The summed E-state index contributed by atoms with van der Waals surface area (Å²) in [5.41, 5.74) is 1.11. The molecule has 1 heterocycles. The number of amides is 1. The highest BCUT2D eigenvalue weighted by Gasteiger charge is 2.31. The molecule has 1 aromatic heterocycles. The number of rotatable bonds is 4. The zero-order valence-corrected chi connectivity index (χ0v) is 16.2. The molecule has 0 aliphatic carbocycles. The Morgan fingerprint density at radius 2 is 1.77 bits per heavy atom. The molecule has 0 unspecified atom stereocenters. The molecular weight excluding hydrogens is 412 g/mol. The molecule has 31 heavy (non-hydrogen) atoms. The molecule has 0 aliphatic rings. The maximum atomic E-state index is 13.7. The van der Waals surface area contributed by atoms with E-state index in [-0.39, 0.29) is 17.0 Å². The van der Waals surface area contributed by atoms with Gasteiger partial charge in [0.1, 0.15) is 5.82 Å². The Morgan fingerprint density at radius 3 is 2.52 bits per heavy atom. The number of carbonyl (C=O) groups is 1. The number of nitrogens with one attached hydrogen (secondary N) is 2. The minimum atomic E-state index is -4.57. The smallest absolute Gasteiger partial charge is 0.388 e. The number of aromatic nitrogens is 2. The Balaban J connectivity index is 1.79. The predicted octanol–water partition coefficient (Wildman–Crippen LogP) is 5.48. The fraction of sp³-hybridized carbons (Fsp3) is 0.0909. The zero-order chi connectivity index (χ0) is 22.2. The fourth-order valence-corrected chi connectivity index (χ4v) is 3.21. The Morgan fingerprint density at radius 1 is 1.00 bits per heavy atom. The van der Waals surface area contributed by atoms with Gasteiger partial charge in [0.25, 0.3) is 5.91 Å². The maximum Gasteiger partial charge on any atom is 0.416 e. The second kappa shape index (κ2) is 7.75. The molecule has 2 N–H and O–H groups in total. The first-order valence-corrected chi connectivity index (χ1v) is 9.21. The largest absolute Gasteiger partial charge is 0.416 e. The summed E-state index contributed by atoms with van der Waals surface area (Å²) >= 11 is 0. The first kappa shape index (κ1) is 20.4. The van der Waals surface area contributed by atoms with Crippen LogP contribution in [0.15, 0.2) is 66.7 Å². The lowest BCUT2D eigenvalue weighted by atomic mass is 10.1. The van der Waals surface area contributed by atoms with Gasteiger partial charge in [-0.05, 0) is 48.5 Å². The number of halogens is 4. The van der Waals surface area contributed by atoms with Crippen molar-refractivity contribution in [1.29, 1.82) is 0 Å². The highest BCUT2D eigenvalue weighted by atomic mass is 19.4. The van der Waals surface area contributed by atoms with Crippen molar-refractivity contribution in [3.63, 3.8) is 0 Å². The Kier molecular flexibility index (Phi) is 5.10. The number of benzene rings is 3. The number of carbonyl (C=O) groups excluding carboxylic acids is 1. The molecule has 0 fully saturated rings. The third-order valence-corrected chi connectivity index (χ3v) is 4.69. The lowest BCUT2D eigenvalue weighted by Crippen LogP contribution is -2.16. The van der Waals surface area contributed by atoms with Gasteiger partial charge in [0.05, 0.1) is 22.3 Å². The molecule has 1 amide bonds. The van der Waals surface area contributed by atoms with Crippen molar-refractivity contribution in [2.75, 3.05) is 17.7 Å². The molecule has 0 atom stereocenters. The highest BCUT2D eigenvalue weighted by molar-refractivity contribution is 6.04. The number of imidazole rings is 1. The quantitative estimate of drug-likeness (QED) is 0.424. The van der Waals surface area contributed by atoms with Gasteiger partial charge >= 0.3 is 6.18 Å². The summed E-state index contributed by atoms with van der Waals surface area (Å²) in [6.45, 7) is 0. The van der Waals surface area contributed by atoms with E-state index in [9.17, 15) is 22.4 Å². The number of fused-ring (bicyclic) bond motifs is 1. The highest BCUT2D eigenvalue weighted by Crippen LogP contribution is 2.30. The molecule has 4 rings (SSSR count). The molecule has 5 nitrogen and oxygen atoms in total. The summed E-state index contributed by atoms with van der Waals surface area (Å²) in [5, 5.41) is 5.56. The lowest BCUT2D eigenvalue weighted by molar-refractivity contribution is -0.137. The fourth-order valence-electron chi connectivity index (χ4n) is 3.21. The second-order valence-corrected chi connectivity index (χ2v) is 6.74. The van der Waals surface area contributed by atoms with Gasteiger partial charge in [-0.2, -0.15) is 13.2 Å². The van der Waals surface area contributed by atoms with Gasteiger partial charge in [-0.3, -0.25) is 14.7 Å². The average molecular weight is 428 g/mol. The standard InChI is InChI=1S/C22H16F4N4O/c1-27-16-6-3-7-17(12-16)30-19-9-8-15(23)11-18(19)28-21(30)29-20(31)13-4-2-5-14(10-13)22(24,25)26/h2-12,27H,1H3,(H,28,29,31). The van der Waals surface area contributed by atoms with Crippen molar-refractivity contribution in [1.82, 2.24) is 9.55 Å². The van der Waals surface area contributed by atoms with Crippen LogP contribution < -0.4 is 10.6 Å². The van der Waals surface area contributed by atoms with Crippen LogP contribution in [0.5, 0.6) is 0 Å². The van der Waals surface area contributed by atoms with E-state index in [4.69, 9.17) is 0 Å². The van der Waals surface area contributed by atoms with E-state index in [0.29, 0.717) is 11.2 Å². The topological polar surface area (TPSA) is 59.0 Å². The first-order chi connectivity index (χ1) is 14.8. The number of hydrogen-bond donors (Lipinski definition) is 2. The SMILES string of the molecule is CNc1cccc(-n2c(NC(=O)c3cccc(C(F)(F)F)c3)nc3cc(F)ccc32)c1. The van der Waals surface area contributed by atoms with Crippen LogP contribution in [0, 0.1) is 5.82 Å². The van der Waals surface area contributed by atoms with Crippen molar-refractivity contribution < 1.29 is 22.4 Å². The van der Waals surface area contributed by atoms with Gasteiger partial charge in [-0.15, -0.1) is 0 Å². The number of nitrogens with zero attached hydrogens (tertiary/aromatic N) is 2. The van der Waals surface area contributed by atoms with Gasteiger partial charge < -0.3 is 5.32 Å². The monoisotopic (exact) mass is 428 g/mol. The zero-order valence-electron chi connectivity index (χ0n) is 16.2. The predicted molar refractivity (Wildman–Crippen MR) is 110 cm³/mol. The minimum absolute atomic E-state index is 0.0521. The molecule has 3 aromatic carbocycles. The molecule has 9 heteroatoms. The van der Waals surface area contributed by atoms with Gasteiger partial charge in [0.2, 0.25) is 5.95 Å². The molecule has 0 saturated heterocycles. The number of alkyl halides is 3. The maximum absolute atomic E-state index is 13.7. The molecule has 0 radical (unpaired) electrons. The van der Waals surface area contributed by atoms with Crippen LogP contribution in [0.25, 0.3) is 16.7 Å². The summed E-state index contributed by atoms with van der Waals surface area (Å²) in [5.74, 6) is -1.22.